The maximum atomic E-state index is 14.5. The van der Waals surface area contributed by atoms with Gasteiger partial charge in [0.05, 0.1) is 37.3 Å². The zero-order valence-electron chi connectivity index (χ0n) is 27.0. The average molecular weight is 805 g/mol. The average Bonchev–Trinajstić information content (AvgIpc) is 3.43. The van der Waals surface area contributed by atoms with Crippen LogP contribution >= 0.6 is 31.9 Å². The van der Waals surface area contributed by atoms with E-state index >= 15 is 0 Å². The van der Waals surface area contributed by atoms with E-state index in [2.05, 4.69) is 31.9 Å². The van der Waals surface area contributed by atoms with Crippen LogP contribution in [0.25, 0.3) is 0 Å². The van der Waals surface area contributed by atoms with E-state index in [4.69, 9.17) is 9.47 Å². The Morgan fingerprint density at radius 2 is 1.10 bits per heavy atom. The van der Waals surface area contributed by atoms with E-state index in [1.807, 2.05) is 67.6 Å². The second kappa shape index (κ2) is 12.2. The Labute approximate surface area is 309 Å². The highest BCUT2D eigenvalue weighted by Crippen LogP contribution is 2.71. The van der Waals surface area contributed by atoms with Gasteiger partial charge in [0.15, 0.2) is 12.4 Å². The quantitative estimate of drug-likeness (QED) is 0.0547. The van der Waals surface area contributed by atoms with Crippen molar-refractivity contribution in [2.45, 2.75) is 15.6 Å². The van der Waals surface area contributed by atoms with E-state index in [-0.39, 0.29) is 22.6 Å². The van der Waals surface area contributed by atoms with Crippen molar-refractivity contribution in [2.24, 2.45) is 11.8 Å². The minimum Gasteiger partial charge on any atom is -0.454 e. The molecule has 51 heavy (non-hydrogen) atoms. The molecule has 2 unspecified atom stereocenters. The molecule has 5 aromatic rings. The third kappa shape index (κ3) is 4.95. The lowest BCUT2D eigenvalue weighted by molar-refractivity contribution is -0.122. The van der Waals surface area contributed by atoms with Crippen molar-refractivity contribution in [2.75, 3.05) is 11.5 Å². The fourth-order valence-electron chi connectivity index (χ4n) is 7.60. The number of carbonyl (C=O) groups excluding carboxylic acids is 5. The first-order chi connectivity index (χ1) is 24.5. The fourth-order valence-corrected chi connectivity index (χ4v) is 9.91. The van der Waals surface area contributed by atoms with Crippen molar-refractivity contribution >= 4 is 67.1 Å². The number of ether oxygens (including phenoxy) is 2. The number of hydrogen-bond donors (Lipinski definition) is 0. The molecule has 1 heterocycles. The Bertz CT molecular complexity index is 2180. The van der Waals surface area contributed by atoms with Crippen LogP contribution in [0.1, 0.15) is 58.9 Å². The lowest BCUT2D eigenvalue weighted by atomic mass is 9.54. The van der Waals surface area contributed by atoms with E-state index in [1.54, 1.807) is 24.3 Å². The predicted octanol–water partition coefficient (Wildman–Crippen LogP) is 7.66. The summed E-state index contributed by atoms with van der Waals surface area (Å²) in [5, 5.41) is 0. The molecule has 9 rings (SSSR count). The first-order valence-electron chi connectivity index (χ1n) is 16.2. The van der Waals surface area contributed by atoms with Gasteiger partial charge in [0.2, 0.25) is 11.8 Å². The van der Waals surface area contributed by atoms with Crippen molar-refractivity contribution in [3.05, 3.63) is 166 Å². The van der Waals surface area contributed by atoms with Crippen LogP contribution in [-0.4, -0.2) is 36.1 Å². The van der Waals surface area contributed by atoms with Gasteiger partial charge in [-0.05, 0) is 77.7 Å². The molecule has 2 atom stereocenters. The summed E-state index contributed by atoms with van der Waals surface area (Å²) in [7, 11) is 0. The molecule has 1 aliphatic heterocycles. The van der Waals surface area contributed by atoms with Gasteiger partial charge in [0, 0.05) is 5.56 Å². The molecule has 252 valence electrons. The summed E-state index contributed by atoms with van der Waals surface area (Å²) in [6, 6.07) is 34.7. The summed E-state index contributed by atoms with van der Waals surface area (Å²) in [6.07, 6.45) is 0. The Morgan fingerprint density at radius 1 is 0.627 bits per heavy atom. The molecule has 0 N–H and O–H groups in total. The van der Waals surface area contributed by atoms with Crippen LogP contribution in [0, 0.1) is 18.8 Å². The van der Waals surface area contributed by atoms with Gasteiger partial charge in [-0.2, -0.15) is 0 Å². The Hall–Kier alpha value is -5.19. The first-order valence-corrected chi connectivity index (χ1v) is 17.8. The molecule has 5 aromatic carbocycles. The maximum Gasteiger partial charge on any atom is 0.343 e. The normalized spacial score (nSPS) is 22.5. The van der Waals surface area contributed by atoms with Crippen molar-refractivity contribution in [1.29, 1.82) is 0 Å². The summed E-state index contributed by atoms with van der Waals surface area (Å²) >= 11 is 7.99. The van der Waals surface area contributed by atoms with Crippen molar-refractivity contribution in [3.8, 4) is 5.75 Å². The van der Waals surface area contributed by atoms with Gasteiger partial charge in [0.25, 0.3) is 0 Å². The van der Waals surface area contributed by atoms with Crippen LogP contribution in [0.3, 0.4) is 0 Å². The summed E-state index contributed by atoms with van der Waals surface area (Å²) in [4.78, 5) is 69.2. The minimum atomic E-state index is -0.988. The van der Waals surface area contributed by atoms with Gasteiger partial charge in [-0.3, -0.25) is 14.4 Å². The number of para-hydroxylation sites is 1. The number of alkyl halides is 2. The van der Waals surface area contributed by atoms with Crippen molar-refractivity contribution < 1.29 is 33.4 Å². The van der Waals surface area contributed by atoms with Gasteiger partial charge in [0.1, 0.15) is 5.75 Å². The highest BCUT2D eigenvalue weighted by atomic mass is 79.9. The molecule has 2 bridgehead atoms. The number of benzene rings is 5. The van der Waals surface area contributed by atoms with E-state index in [0.717, 1.165) is 32.7 Å². The molecule has 10 heteroatoms. The molecule has 4 aliphatic rings. The number of rotatable bonds is 7. The number of halogens is 2. The zero-order valence-corrected chi connectivity index (χ0v) is 30.1. The largest absolute Gasteiger partial charge is 0.454 e. The van der Waals surface area contributed by atoms with Gasteiger partial charge in [-0.15, -0.1) is 0 Å². The first kappa shape index (κ1) is 33.0. The number of nitrogens with zero attached hydrogens (tertiary/aromatic N) is 1. The molecule has 1 saturated heterocycles. The lowest BCUT2D eigenvalue weighted by Gasteiger charge is -2.55. The summed E-state index contributed by atoms with van der Waals surface area (Å²) in [5.74, 6) is -4.18. The number of anilines is 1. The zero-order chi connectivity index (χ0) is 35.7. The number of hydrogen-bond acceptors (Lipinski definition) is 7. The lowest BCUT2D eigenvalue weighted by Crippen LogP contribution is -2.56. The molecular weight excluding hydrogens is 778 g/mol. The molecular formula is C41H27Br2NO7. The minimum absolute atomic E-state index is 0.0290. The van der Waals surface area contributed by atoms with Crippen LogP contribution in [0.5, 0.6) is 5.75 Å². The predicted molar refractivity (Wildman–Crippen MR) is 195 cm³/mol. The van der Waals surface area contributed by atoms with Crippen LogP contribution in [-0.2, 0) is 23.0 Å². The maximum absolute atomic E-state index is 14.5. The number of imide groups is 1. The van der Waals surface area contributed by atoms with Crippen molar-refractivity contribution in [1.82, 2.24) is 0 Å². The van der Waals surface area contributed by atoms with Crippen LogP contribution in [0.2, 0.25) is 0 Å². The number of amides is 2. The van der Waals surface area contributed by atoms with Crippen LogP contribution in [0.15, 0.2) is 121 Å². The Morgan fingerprint density at radius 3 is 1.63 bits per heavy atom. The summed E-state index contributed by atoms with van der Waals surface area (Å²) in [5.41, 5.74) is 5.28. The highest BCUT2D eigenvalue weighted by molar-refractivity contribution is 9.10. The van der Waals surface area contributed by atoms with Gasteiger partial charge in [-0.25, -0.2) is 14.5 Å². The second-order valence-electron chi connectivity index (χ2n) is 12.8. The van der Waals surface area contributed by atoms with Gasteiger partial charge >= 0.3 is 11.9 Å². The molecule has 3 aliphatic carbocycles. The van der Waals surface area contributed by atoms with Crippen LogP contribution in [0.4, 0.5) is 5.69 Å². The molecule has 1 fully saturated rings. The second-order valence-corrected chi connectivity index (χ2v) is 15.3. The topological polar surface area (TPSA) is 107 Å². The van der Waals surface area contributed by atoms with E-state index in [0.29, 0.717) is 5.56 Å². The third-order valence-corrected chi connectivity index (χ3v) is 12.7. The summed E-state index contributed by atoms with van der Waals surface area (Å²) in [6.45, 7) is 1.32. The number of ketones is 1. The SMILES string of the molecule is Cc1ccc(C(=O)Oc2ccc(C(=O)COC(=O)c3ccccc3N3C(=O)C4C(C3=O)C3(Br)c5ccccc5C4(Br)c4ccccc43)cc2)cc1. The Balaban J connectivity index is 1.02. The molecule has 0 spiro atoms. The number of esters is 2. The van der Waals surface area contributed by atoms with E-state index < -0.39 is 56.6 Å². The molecule has 0 radical (unpaired) electrons. The standard InChI is InChI=1S/C41H27Br2NO7/c1-23-14-16-25(17-15-23)38(48)51-26-20-18-24(19-21-26)33(45)22-50-39(49)27-8-2-7-13-32(27)44-36(46)34-35(37(44)47)41(43)29-10-4-3-9-28(29)40(34,42)30-11-5-6-12-31(30)41/h2-21,34-35H,22H2,1H3. The molecule has 8 nitrogen and oxygen atoms in total. The van der Waals surface area contributed by atoms with E-state index in [1.165, 1.54) is 36.4 Å². The summed E-state index contributed by atoms with van der Waals surface area (Å²) < 4.78 is 8.88. The highest BCUT2D eigenvalue weighted by Gasteiger charge is 2.72. The van der Waals surface area contributed by atoms with E-state index in [9.17, 15) is 24.0 Å². The fraction of sp³-hybridized carbons (Fsp3) is 0.146. The van der Waals surface area contributed by atoms with Gasteiger partial charge in [-0.1, -0.05) is 110 Å². The smallest absolute Gasteiger partial charge is 0.343 e. The molecule has 0 aromatic heterocycles. The van der Waals surface area contributed by atoms with Gasteiger partial charge < -0.3 is 9.47 Å². The number of Topliss-reactive ketones (excluding diaryl/α,β-unsaturated/α-hetero) is 1. The number of aryl methyl sites for hydroxylation is 1. The molecule has 0 saturated carbocycles. The molecule has 2 amide bonds. The third-order valence-electron chi connectivity index (χ3n) is 9.96. The number of carbonyl (C=O) groups is 5. The van der Waals surface area contributed by atoms with Crippen LogP contribution < -0.4 is 9.64 Å². The Kier molecular flexibility index (Phi) is 7.92. The van der Waals surface area contributed by atoms with Crippen molar-refractivity contribution in [3.63, 3.8) is 0 Å². The monoisotopic (exact) mass is 803 g/mol.